The van der Waals surface area contributed by atoms with Gasteiger partial charge in [-0.3, -0.25) is 4.79 Å². The third-order valence-electron chi connectivity index (χ3n) is 3.72. The molecule has 1 aliphatic rings. The molecule has 1 aliphatic heterocycles. The number of H-pyrrole nitrogens is 1. The lowest BCUT2D eigenvalue weighted by atomic mass is 10.2. The first-order valence-corrected chi connectivity index (χ1v) is 9.45. The minimum Gasteiger partial charge on any atom is -0.454 e. The number of nitrogens with one attached hydrogen (secondary N) is 1. The van der Waals surface area contributed by atoms with Gasteiger partial charge in [0, 0.05) is 5.56 Å². The molecule has 26 heavy (non-hydrogen) atoms. The van der Waals surface area contributed by atoms with Gasteiger partial charge in [-0.25, -0.2) is 4.98 Å². The first-order valence-electron chi connectivity index (χ1n) is 7.59. The van der Waals surface area contributed by atoms with E-state index < -0.39 is 0 Å². The van der Waals surface area contributed by atoms with Crippen LogP contribution in [0, 0.1) is 0 Å². The first kappa shape index (κ1) is 15.4. The molecule has 130 valence electrons. The maximum absolute atomic E-state index is 12.0. The zero-order valence-electron chi connectivity index (χ0n) is 13.1. The van der Waals surface area contributed by atoms with Crippen molar-refractivity contribution in [2.75, 3.05) is 6.79 Å². The van der Waals surface area contributed by atoms with E-state index in [-0.39, 0.29) is 12.4 Å². The molecule has 0 bridgehead atoms. The highest BCUT2D eigenvalue weighted by molar-refractivity contribution is 7.98. The fourth-order valence-corrected chi connectivity index (χ4v) is 3.89. The Balaban J connectivity index is 1.34. The van der Waals surface area contributed by atoms with Crippen molar-refractivity contribution < 1.29 is 13.9 Å². The normalized spacial score (nSPS) is 12.8. The van der Waals surface area contributed by atoms with Crippen LogP contribution in [0.1, 0.15) is 5.82 Å². The molecule has 0 fully saturated rings. The summed E-state index contributed by atoms with van der Waals surface area (Å²) in [5.74, 6) is 2.72. The van der Waals surface area contributed by atoms with Crippen molar-refractivity contribution in [3.8, 4) is 23.0 Å². The summed E-state index contributed by atoms with van der Waals surface area (Å²) in [6.45, 7) is 0.212. The molecule has 0 saturated heterocycles. The van der Waals surface area contributed by atoms with Gasteiger partial charge in [-0.1, -0.05) is 11.8 Å². The van der Waals surface area contributed by atoms with Gasteiger partial charge in [0.2, 0.25) is 12.7 Å². The highest BCUT2D eigenvalue weighted by Crippen LogP contribution is 2.36. The number of aromatic amines is 1. The minimum absolute atomic E-state index is 0.132. The second kappa shape index (κ2) is 6.15. The summed E-state index contributed by atoms with van der Waals surface area (Å²) in [4.78, 5) is 19.2. The zero-order valence-corrected chi connectivity index (χ0v) is 14.7. The van der Waals surface area contributed by atoms with Gasteiger partial charge in [0.05, 0.1) is 11.3 Å². The number of fused-ring (bicyclic) bond motifs is 2. The molecule has 10 heteroatoms. The van der Waals surface area contributed by atoms with E-state index in [2.05, 4.69) is 20.2 Å². The predicted molar refractivity (Wildman–Crippen MR) is 95.7 cm³/mol. The molecule has 8 nitrogen and oxygen atoms in total. The Morgan fingerprint density at radius 2 is 2.12 bits per heavy atom. The van der Waals surface area contributed by atoms with E-state index in [1.54, 1.807) is 12.1 Å². The molecule has 0 unspecified atom stereocenters. The van der Waals surface area contributed by atoms with Gasteiger partial charge in [-0.15, -0.1) is 21.5 Å². The van der Waals surface area contributed by atoms with E-state index in [4.69, 9.17) is 13.9 Å². The average molecular weight is 386 g/mol. The lowest BCUT2D eigenvalue weighted by Crippen LogP contribution is -2.09. The van der Waals surface area contributed by atoms with Crippen LogP contribution in [0.25, 0.3) is 21.7 Å². The van der Waals surface area contributed by atoms with Crippen LogP contribution in [-0.2, 0) is 5.75 Å². The summed E-state index contributed by atoms with van der Waals surface area (Å²) in [5, 5.41) is 10.3. The first-order chi connectivity index (χ1) is 12.8. The Kier molecular flexibility index (Phi) is 3.64. The van der Waals surface area contributed by atoms with Crippen molar-refractivity contribution in [3.05, 3.63) is 45.8 Å². The van der Waals surface area contributed by atoms with E-state index in [0.717, 1.165) is 5.56 Å². The second-order valence-corrected chi connectivity index (χ2v) is 7.22. The number of thioether (sulfide) groups is 1. The van der Waals surface area contributed by atoms with Crippen molar-refractivity contribution in [2.45, 2.75) is 11.0 Å². The maximum Gasteiger partial charge on any atom is 0.277 e. The molecular weight excluding hydrogens is 376 g/mol. The van der Waals surface area contributed by atoms with Crippen LogP contribution in [0.4, 0.5) is 0 Å². The third-order valence-corrected chi connectivity index (χ3v) is 5.45. The largest absolute Gasteiger partial charge is 0.454 e. The Bertz CT molecular complexity index is 1170. The number of benzene rings is 1. The molecule has 0 saturated carbocycles. The van der Waals surface area contributed by atoms with Gasteiger partial charge in [-0.05, 0) is 29.6 Å². The number of rotatable bonds is 4. The summed E-state index contributed by atoms with van der Waals surface area (Å²) in [6.07, 6.45) is 0. The highest BCUT2D eigenvalue weighted by atomic mass is 32.2. The number of thiophene rings is 1. The quantitative estimate of drug-likeness (QED) is 0.534. The van der Waals surface area contributed by atoms with Gasteiger partial charge in [-0.2, -0.15) is 0 Å². The van der Waals surface area contributed by atoms with Crippen molar-refractivity contribution in [1.29, 1.82) is 0 Å². The maximum atomic E-state index is 12.0. The van der Waals surface area contributed by atoms with E-state index in [1.165, 1.54) is 23.1 Å². The van der Waals surface area contributed by atoms with E-state index >= 15 is 0 Å². The number of aromatic nitrogens is 4. The molecule has 0 aliphatic carbocycles. The molecule has 0 spiro atoms. The molecule has 4 heterocycles. The Hall–Kier alpha value is -2.85. The second-order valence-electron chi connectivity index (χ2n) is 5.38. The van der Waals surface area contributed by atoms with Crippen LogP contribution in [0.5, 0.6) is 11.5 Å². The lowest BCUT2D eigenvalue weighted by molar-refractivity contribution is 0.174. The summed E-state index contributed by atoms with van der Waals surface area (Å²) in [6, 6.07) is 7.26. The van der Waals surface area contributed by atoms with Gasteiger partial charge in [0.15, 0.2) is 11.5 Å². The van der Waals surface area contributed by atoms with Crippen molar-refractivity contribution in [3.63, 3.8) is 0 Å². The Morgan fingerprint density at radius 1 is 1.19 bits per heavy atom. The van der Waals surface area contributed by atoms with Gasteiger partial charge >= 0.3 is 0 Å². The third kappa shape index (κ3) is 2.72. The van der Waals surface area contributed by atoms with Crippen molar-refractivity contribution in [1.82, 2.24) is 20.2 Å². The van der Waals surface area contributed by atoms with Crippen LogP contribution >= 0.6 is 23.1 Å². The number of nitrogens with zero attached hydrogens (tertiary/aromatic N) is 3. The molecule has 0 radical (unpaired) electrons. The van der Waals surface area contributed by atoms with Gasteiger partial charge < -0.3 is 18.9 Å². The number of ether oxygens (including phenoxy) is 2. The van der Waals surface area contributed by atoms with E-state index in [1.807, 2.05) is 17.5 Å². The average Bonchev–Trinajstić information content (AvgIpc) is 3.38. The van der Waals surface area contributed by atoms with Crippen molar-refractivity contribution >= 4 is 33.3 Å². The molecule has 0 atom stereocenters. The van der Waals surface area contributed by atoms with Crippen LogP contribution in [0.15, 0.2) is 44.1 Å². The van der Waals surface area contributed by atoms with Crippen LogP contribution in [0.3, 0.4) is 0 Å². The van der Waals surface area contributed by atoms with Crippen LogP contribution in [0.2, 0.25) is 0 Å². The fraction of sp³-hybridized carbons (Fsp3) is 0.125. The summed E-state index contributed by atoms with van der Waals surface area (Å²) < 4.78 is 16.9. The minimum atomic E-state index is -0.132. The molecule has 5 rings (SSSR count). The van der Waals surface area contributed by atoms with Crippen LogP contribution < -0.4 is 15.0 Å². The number of hydrogen-bond acceptors (Lipinski definition) is 9. The van der Waals surface area contributed by atoms with Gasteiger partial charge in [0.1, 0.15) is 10.5 Å². The standard InChI is InChI=1S/C16H10N4O4S2/c21-14-13-9(3-4-25-13)17-12(18-14)6-26-16-20-19-15(24-16)8-1-2-10-11(5-8)23-7-22-10/h1-5H,6-7H2,(H,17,18,21). The highest BCUT2D eigenvalue weighted by Gasteiger charge is 2.17. The van der Waals surface area contributed by atoms with E-state index in [0.29, 0.717) is 44.4 Å². The Morgan fingerprint density at radius 3 is 3.08 bits per heavy atom. The summed E-state index contributed by atoms with van der Waals surface area (Å²) in [5.41, 5.74) is 1.31. The molecular formula is C16H10N4O4S2. The van der Waals surface area contributed by atoms with E-state index in [9.17, 15) is 4.79 Å². The molecule has 0 amide bonds. The number of hydrogen-bond donors (Lipinski definition) is 1. The van der Waals surface area contributed by atoms with Crippen molar-refractivity contribution in [2.24, 2.45) is 0 Å². The molecule has 1 aromatic carbocycles. The smallest absolute Gasteiger partial charge is 0.277 e. The SMILES string of the molecule is O=c1[nH]c(CSc2nnc(-c3ccc4c(c3)OCO4)o2)nc2ccsc12. The molecule has 4 aromatic rings. The Labute approximate surface area is 154 Å². The monoisotopic (exact) mass is 386 g/mol. The topological polar surface area (TPSA) is 103 Å². The summed E-state index contributed by atoms with van der Waals surface area (Å²) in [7, 11) is 0. The molecule has 3 aromatic heterocycles. The predicted octanol–water partition coefficient (Wildman–Crippen LogP) is 3.06. The van der Waals surface area contributed by atoms with Crippen LogP contribution in [-0.4, -0.2) is 27.0 Å². The zero-order chi connectivity index (χ0) is 17.5. The lowest BCUT2D eigenvalue weighted by Gasteiger charge is -1.99. The summed E-state index contributed by atoms with van der Waals surface area (Å²) >= 11 is 2.68. The fourth-order valence-electron chi connectivity index (χ4n) is 2.53. The van der Waals surface area contributed by atoms with Gasteiger partial charge in [0.25, 0.3) is 10.8 Å². The molecule has 1 N–H and O–H groups in total.